The van der Waals surface area contributed by atoms with Crippen LogP contribution in [0.4, 0.5) is 0 Å². The Hall–Kier alpha value is 0.880. The molecule has 1 aliphatic rings. The molecule has 0 saturated heterocycles. The Bertz CT molecular complexity index is 136. The van der Waals surface area contributed by atoms with Crippen molar-refractivity contribution in [2.45, 2.75) is 34.7 Å². The fourth-order valence-corrected chi connectivity index (χ4v) is 4.06. The second-order valence-electron chi connectivity index (χ2n) is 3.00. The number of halogens is 2. The molecule has 1 saturated carbocycles. The lowest BCUT2D eigenvalue weighted by atomic mass is 9.94. The molecule has 1 fully saturated rings. The van der Waals surface area contributed by atoms with Gasteiger partial charge in [-0.05, 0) is 12.8 Å². The summed E-state index contributed by atoms with van der Waals surface area (Å²) in [6, 6.07) is 0. The summed E-state index contributed by atoms with van der Waals surface area (Å²) in [4.78, 5) is 0.552. The lowest BCUT2D eigenvalue weighted by molar-refractivity contribution is -0.211. The van der Waals surface area contributed by atoms with Crippen molar-refractivity contribution >= 4 is 31.9 Å². The Kier molecular flexibility index (Phi) is 4.02. The standard InChI is InChI=1S/C8H14Br2O2/c1-11-8(12-2)6(9)4-3-5-7(8)10/h6-7H,3-5H2,1-2H3/t6-,7+. The zero-order chi connectivity index (χ0) is 9.19. The van der Waals surface area contributed by atoms with Crippen molar-refractivity contribution in [1.29, 1.82) is 0 Å². The van der Waals surface area contributed by atoms with Gasteiger partial charge in [-0.3, -0.25) is 0 Å². The predicted octanol–water partition coefficient (Wildman–Crippen LogP) is 2.69. The van der Waals surface area contributed by atoms with Gasteiger partial charge < -0.3 is 9.47 Å². The smallest absolute Gasteiger partial charge is 0.192 e. The maximum absolute atomic E-state index is 5.44. The van der Waals surface area contributed by atoms with Crippen LogP contribution in [0.15, 0.2) is 0 Å². The summed E-state index contributed by atoms with van der Waals surface area (Å²) >= 11 is 7.19. The lowest BCUT2D eigenvalue weighted by Gasteiger charge is -2.42. The summed E-state index contributed by atoms with van der Waals surface area (Å²) in [5, 5.41) is 0. The van der Waals surface area contributed by atoms with E-state index >= 15 is 0 Å². The Morgan fingerprint density at radius 1 is 1.08 bits per heavy atom. The van der Waals surface area contributed by atoms with Crippen molar-refractivity contribution in [3.63, 3.8) is 0 Å². The third-order valence-electron chi connectivity index (χ3n) is 2.43. The molecule has 72 valence electrons. The molecular formula is C8H14Br2O2. The Morgan fingerprint density at radius 3 is 1.75 bits per heavy atom. The van der Waals surface area contributed by atoms with Crippen molar-refractivity contribution < 1.29 is 9.47 Å². The van der Waals surface area contributed by atoms with Crippen LogP contribution >= 0.6 is 31.9 Å². The average molecular weight is 302 g/mol. The highest BCUT2D eigenvalue weighted by atomic mass is 79.9. The highest BCUT2D eigenvalue weighted by molar-refractivity contribution is 9.10. The SMILES string of the molecule is COC1(OC)[C@H](Br)CCC[C@@H]1Br. The molecule has 0 aromatic rings. The molecule has 0 bridgehead atoms. The van der Waals surface area contributed by atoms with Gasteiger partial charge in [0.25, 0.3) is 0 Å². The molecule has 2 atom stereocenters. The summed E-state index contributed by atoms with van der Waals surface area (Å²) < 4.78 is 10.9. The summed E-state index contributed by atoms with van der Waals surface area (Å²) in [7, 11) is 3.38. The number of hydrogen-bond acceptors (Lipinski definition) is 2. The Balaban J connectivity index is 2.77. The maximum Gasteiger partial charge on any atom is 0.192 e. The van der Waals surface area contributed by atoms with Crippen LogP contribution < -0.4 is 0 Å². The third kappa shape index (κ3) is 1.72. The van der Waals surface area contributed by atoms with Crippen molar-refractivity contribution in [3.8, 4) is 0 Å². The summed E-state index contributed by atoms with van der Waals surface area (Å²) in [6.07, 6.45) is 3.41. The summed E-state index contributed by atoms with van der Waals surface area (Å²) in [5.74, 6) is -0.488. The van der Waals surface area contributed by atoms with Gasteiger partial charge >= 0.3 is 0 Å². The van der Waals surface area contributed by atoms with E-state index < -0.39 is 5.79 Å². The number of alkyl halides is 2. The van der Waals surface area contributed by atoms with E-state index in [0.29, 0.717) is 0 Å². The molecule has 4 heteroatoms. The van der Waals surface area contributed by atoms with E-state index in [9.17, 15) is 0 Å². The molecule has 1 aliphatic carbocycles. The topological polar surface area (TPSA) is 18.5 Å². The Labute approximate surface area is 90.3 Å². The zero-order valence-electron chi connectivity index (χ0n) is 7.35. The molecule has 12 heavy (non-hydrogen) atoms. The highest BCUT2D eigenvalue weighted by Crippen LogP contribution is 2.40. The quantitative estimate of drug-likeness (QED) is 0.577. The minimum Gasteiger partial charge on any atom is -0.351 e. The molecule has 0 N–H and O–H groups in total. The first-order valence-electron chi connectivity index (χ1n) is 4.06. The van der Waals surface area contributed by atoms with Gasteiger partial charge in [0, 0.05) is 14.2 Å². The van der Waals surface area contributed by atoms with E-state index in [1.54, 1.807) is 14.2 Å². The lowest BCUT2D eigenvalue weighted by Crippen LogP contribution is -2.52. The van der Waals surface area contributed by atoms with Crippen molar-refractivity contribution in [3.05, 3.63) is 0 Å². The van der Waals surface area contributed by atoms with Crippen LogP contribution in [0.2, 0.25) is 0 Å². The normalized spacial score (nSPS) is 35.0. The average Bonchev–Trinajstić information content (AvgIpc) is 2.06. The molecular weight excluding hydrogens is 288 g/mol. The molecule has 0 unspecified atom stereocenters. The van der Waals surface area contributed by atoms with Gasteiger partial charge in [0.2, 0.25) is 0 Å². The maximum atomic E-state index is 5.44. The van der Waals surface area contributed by atoms with E-state index in [1.165, 1.54) is 6.42 Å². The molecule has 2 nitrogen and oxygen atoms in total. The van der Waals surface area contributed by atoms with Crippen LogP contribution in [-0.2, 0) is 9.47 Å². The molecule has 0 aromatic carbocycles. The number of hydrogen-bond donors (Lipinski definition) is 0. The highest BCUT2D eigenvalue weighted by Gasteiger charge is 2.46. The fourth-order valence-electron chi connectivity index (χ4n) is 1.67. The van der Waals surface area contributed by atoms with E-state index in [4.69, 9.17) is 9.47 Å². The van der Waals surface area contributed by atoms with Crippen LogP contribution in [-0.4, -0.2) is 29.7 Å². The molecule has 0 radical (unpaired) electrons. The molecule has 0 aromatic heterocycles. The monoisotopic (exact) mass is 300 g/mol. The van der Waals surface area contributed by atoms with Gasteiger partial charge in [0.15, 0.2) is 5.79 Å². The zero-order valence-corrected chi connectivity index (χ0v) is 10.5. The van der Waals surface area contributed by atoms with Crippen LogP contribution in [0.5, 0.6) is 0 Å². The third-order valence-corrected chi connectivity index (χ3v) is 4.62. The molecule has 0 amide bonds. The number of methoxy groups -OCH3 is 2. The van der Waals surface area contributed by atoms with Crippen LogP contribution in [0.3, 0.4) is 0 Å². The molecule has 0 spiro atoms. The minimum atomic E-state index is -0.488. The predicted molar refractivity (Wildman–Crippen MR) is 56.0 cm³/mol. The summed E-state index contributed by atoms with van der Waals surface area (Å²) in [5.41, 5.74) is 0. The van der Waals surface area contributed by atoms with Crippen LogP contribution in [0.1, 0.15) is 19.3 Å². The molecule has 0 aliphatic heterocycles. The first-order valence-corrected chi connectivity index (χ1v) is 5.89. The van der Waals surface area contributed by atoms with Gasteiger partial charge in [-0.2, -0.15) is 0 Å². The van der Waals surface area contributed by atoms with Gasteiger partial charge in [-0.25, -0.2) is 0 Å². The largest absolute Gasteiger partial charge is 0.351 e. The van der Waals surface area contributed by atoms with Crippen molar-refractivity contribution in [2.75, 3.05) is 14.2 Å². The van der Waals surface area contributed by atoms with Gasteiger partial charge in [-0.1, -0.05) is 38.3 Å². The second-order valence-corrected chi connectivity index (χ2v) is 5.21. The second kappa shape index (κ2) is 4.40. The molecule has 0 heterocycles. The van der Waals surface area contributed by atoms with Gasteiger partial charge in [-0.15, -0.1) is 0 Å². The van der Waals surface area contributed by atoms with Crippen molar-refractivity contribution in [2.24, 2.45) is 0 Å². The molecule has 1 rings (SSSR count). The van der Waals surface area contributed by atoms with E-state index in [-0.39, 0.29) is 9.65 Å². The first-order chi connectivity index (χ1) is 5.67. The van der Waals surface area contributed by atoms with Gasteiger partial charge in [0.05, 0.1) is 9.65 Å². The first kappa shape index (κ1) is 11.0. The van der Waals surface area contributed by atoms with Crippen LogP contribution in [0.25, 0.3) is 0 Å². The minimum absolute atomic E-state index is 0.276. The van der Waals surface area contributed by atoms with Gasteiger partial charge in [0.1, 0.15) is 0 Å². The number of ether oxygens (including phenoxy) is 2. The summed E-state index contributed by atoms with van der Waals surface area (Å²) in [6.45, 7) is 0. The van der Waals surface area contributed by atoms with Crippen molar-refractivity contribution in [1.82, 2.24) is 0 Å². The van der Waals surface area contributed by atoms with E-state index in [2.05, 4.69) is 31.9 Å². The number of rotatable bonds is 2. The fraction of sp³-hybridized carbons (Fsp3) is 1.00. The van der Waals surface area contributed by atoms with Crippen LogP contribution in [0, 0.1) is 0 Å². The Morgan fingerprint density at radius 2 is 1.50 bits per heavy atom. The van der Waals surface area contributed by atoms with E-state index in [1.807, 2.05) is 0 Å². The van der Waals surface area contributed by atoms with E-state index in [0.717, 1.165) is 12.8 Å².